The third kappa shape index (κ3) is 7.40. The van der Waals surface area contributed by atoms with Crippen LogP contribution >= 0.6 is 28.1 Å². The minimum absolute atomic E-state index is 0.0316. The Kier molecular flexibility index (Phi) is 9.30. The maximum Gasteiger partial charge on any atom is 0.257 e. The largest absolute Gasteiger partial charge is 0.492 e. The molecule has 0 bridgehead atoms. The molecule has 192 valence electrons. The van der Waals surface area contributed by atoms with E-state index in [-0.39, 0.29) is 16.9 Å². The van der Waals surface area contributed by atoms with Crippen molar-refractivity contribution < 1.29 is 14.3 Å². The Morgan fingerprint density at radius 2 is 1.73 bits per heavy atom. The molecule has 0 saturated carbocycles. The van der Waals surface area contributed by atoms with Crippen molar-refractivity contribution in [3.8, 4) is 5.75 Å². The summed E-state index contributed by atoms with van der Waals surface area (Å²) in [6, 6.07) is 22.5. The number of hydrogen-bond donors (Lipinski definition) is 2. The van der Waals surface area contributed by atoms with Gasteiger partial charge in [-0.05, 0) is 82.8 Å². The first-order chi connectivity index (χ1) is 17.9. The van der Waals surface area contributed by atoms with Crippen LogP contribution < -0.4 is 15.4 Å². The Bertz CT molecular complexity index is 1260. The van der Waals surface area contributed by atoms with Crippen molar-refractivity contribution in [2.24, 2.45) is 5.92 Å². The average Bonchev–Trinajstić information content (AvgIpc) is 2.90. The summed E-state index contributed by atoms with van der Waals surface area (Å²) in [6.45, 7) is 4.23. The Morgan fingerprint density at radius 3 is 2.46 bits per heavy atom. The van der Waals surface area contributed by atoms with Crippen LogP contribution in [0.4, 0.5) is 5.69 Å². The number of ether oxygens (including phenoxy) is 1. The average molecular weight is 581 g/mol. The van der Waals surface area contributed by atoms with E-state index < -0.39 is 0 Å². The fraction of sp³-hybridized carbons (Fsp3) is 0.276. The predicted octanol–water partition coefficient (Wildman–Crippen LogP) is 6.07. The molecule has 0 aromatic heterocycles. The molecule has 1 aliphatic heterocycles. The highest BCUT2D eigenvalue weighted by Gasteiger charge is 2.23. The highest BCUT2D eigenvalue weighted by Crippen LogP contribution is 2.26. The maximum absolute atomic E-state index is 13.1. The topological polar surface area (TPSA) is 70.7 Å². The predicted molar refractivity (Wildman–Crippen MR) is 154 cm³/mol. The third-order valence-corrected chi connectivity index (χ3v) is 7.21. The van der Waals surface area contributed by atoms with Gasteiger partial charge in [0.1, 0.15) is 5.75 Å². The molecule has 0 radical (unpaired) electrons. The first-order valence-corrected chi connectivity index (χ1v) is 13.6. The van der Waals surface area contributed by atoms with Crippen LogP contribution in [0.5, 0.6) is 5.75 Å². The highest BCUT2D eigenvalue weighted by molar-refractivity contribution is 9.10. The number of nitrogens with one attached hydrogen (secondary N) is 2. The van der Waals surface area contributed by atoms with E-state index >= 15 is 0 Å². The van der Waals surface area contributed by atoms with Crippen LogP contribution in [0.2, 0.25) is 0 Å². The number of thiocarbonyl (C=S) groups is 1. The molecule has 1 aliphatic rings. The van der Waals surface area contributed by atoms with Crippen molar-refractivity contribution in [1.82, 2.24) is 10.2 Å². The molecule has 1 saturated heterocycles. The van der Waals surface area contributed by atoms with E-state index in [1.807, 2.05) is 35.2 Å². The number of anilines is 1. The van der Waals surface area contributed by atoms with Gasteiger partial charge in [-0.15, -0.1) is 0 Å². The van der Waals surface area contributed by atoms with Gasteiger partial charge in [-0.1, -0.05) is 49.4 Å². The van der Waals surface area contributed by atoms with Crippen LogP contribution in [-0.4, -0.2) is 41.5 Å². The Labute approximate surface area is 231 Å². The van der Waals surface area contributed by atoms with Gasteiger partial charge < -0.3 is 15.0 Å². The van der Waals surface area contributed by atoms with Gasteiger partial charge in [-0.3, -0.25) is 14.9 Å². The molecule has 3 aromatic rings. The van der Waals surface area contributed by atoms with Gasteiger partial charge in [-0.2, -0.15) is 0 Å². The van der Waals surface area contributed by atoms with Crippen LogP contribution in [0.3, 0.4) is 0 Å². The van der Waals surface area contributed by atoms with E-state index in [2.05, 4.69) is 45.6 Å². The van der Waals surface area contributed by atoms with Gasteiger partial charge in [0.2, 0.25) is 0 Å². The van der Waals surface area contributed by atoms with Crippen molar-refractivity contribution in [2.45, 2.75) is 26.2 Å². The van der Waals surface area contributed by atoms with Gasteiger partial charge in [0.25, 0.3) is 11.8 Å². The summed E-state index contributed by atoms with van der Waals surface area (Å²) in [6.07, 6.45) is 2.79. The summed E-state index contributed by atoms with van der Waals surface area (Å²) in [5.41, 5.74) is 2.73. The van der Waals surface area contributed by atoms with Crippen molar-refractivity contribution in [3.05, 3.63) is 94.0 Å². The van der Waals surface area contributed by atoms with E-state index in [0.717, 1.165) is 32.4 Å². The Balaban J connectivity index is 1.33. The van der Waals surface area contributed by atoms with E-state index in [1.165, 1.54) is 5.56 Å². The molecule has 2 amide bonds. The molecule has 8 heteroatoms. The molecule has 37 heavy (non-hydrogen) atoms. The molecule has 1 fully saturated rings. The first kappa shape index (κ1) is 26.8. The molecule has 1 heterocycles. The SMILES string of the molecule is CC1CCN(C(=O)c2ccccc2NC(=S)NC(=O)c2ccc(OCCc3ccccc3)c(Br)c2)CC1. The molecule has 0 atom stereocenters. The zero-order valence-electron chi connectivity index (χ0n) is 20.7. The summed E-state index contributed by atoms with van der Waals surface area (Å²) in [5, 5.41) is 5.85. The van der Waals surface area contributed by atoms with Crippen LogP contribution in [0.1, 0.15) is 46.0 Å². The molecule has 3 aromatic carbocycles. The zero-order valence-corrected chi connectivity index (χ0v) is 23.1. The van der Waals surface area contributed by atoms with Crippen molar-refractivity contribution in [2.75, 3.05) is 25.0 Å². The number of hydrogen-bond acceptors (Lipinski definition) is 4. The number of carbonyl (C=O) groups excluding carboxylic acids is 2. The number of amides is 2. The minimum atomic E-state index is -0.358. The lowest BCUT2D eigenvalue weighted by Gasteiger charge is -2.30. The molecule has 0 aliphatic carbocycles. The smallest absolute Gasteiger partial charge is 0.257 e. The van der Waals surface area contributed by atoms with E-state index in [0.29, 0.717) is 39.6 Å². The second kappa shape index (κ2) is 12.8. The third-order valence-electron chi connectivity index (χ3n) is 6.39. The number of carbonyl (C=O) groups is 2. The van der Waals surface area contributed by atoms with E-state index in [1.54, 1.807) is 30.3 Å². The monoisotopic (exact) mass is 579 g/mol. The van der Waals surface area contributed by atoms with Crippen molar-refractivity contribution in [1.29, 1.82) is 0 Å². The molecule has 4 rings (SSSR count). The number of halogens is 1. The van der Waals surface area contributed by atoms with Crippen LogP contribution in [-0.2, 0) is 6.42 Å². The molecule has 0 unspecified atom stereocenters. The Morgan fingerprint density at radius 1 is 1.03 bits per heavy atom. The number of nitrogens with zero attached hydrogens (tertiary/aromatic N) is 1. The lowest BCUT2D eigenvalue weighted by atomic mass is 9.98. The normalized spacial score (nSPS) is 13.6. The van der Waals surface area contributed by atoms with Gasteiger partial charge in [-0.25, -0.2) is 0 Å². The molecule has 6 nitrogen and oxygen atoms in total. The van der Waals surface area contributed by atoms with E-state index in [4.69, 9.17) is 17.0 Å². The second-order valence-corrected chi connectivity index (χ2v) is 10.4. The molecular formula is C29H30BrN3O3S. The van der Waals surface area contributed by atoms with Gasteiger partial charge in [0.05, 0.1) is 22.3 Å². The quantitative estimate of drug-likeness (QED) is 0.332. The number of piperidine rings is 1. The fourth-order valence-corrected chi connectivity index (χ4v) is 4.87. The molecular weight excluding hydrogens is 550 g/mol. The van der Waals surface area contributed by atoms with Crippen LogP contribution in [0, 0.1) is 5.92 Å². The maximum atomic E-state index is 13.1. The molecule has 2 N–H and O–H groups in total. The molecule has 0 spiro atoms. The first-order valence-electron chi connectivity index (χ1n) is 12.4. The number of rotatable bonds is 7. The van der Waals surface area contributed by atoms with Crippen LogP contribution in [0.25, 0.3) is 0 Å². The van der Waals surface area contributed by atoms with Crippen molar-refractivity contribution in [3.63, 3.8) is 0 Å². The van der Waals surface area contributed by atoms with Gasteiger partial charge in [0.15, 0.2) is 5.11 Å². The summed E-state index contributed by atoms with van der Waals surface area (Å²) in [7, 11) is 0. The summed E-state index contributed by atoms with van der Waals surface area (Å²) >= 11 is 8.88. The summed E-state index contributed by atoms with van der Waals surface area (Å²) in [4.78, 5) is 27.8. The van der Waals surface area contributed by atoms with E-state index in [9.17, 15) is 9.59 Å². The van der Waals surface area contributed by atoms with Gasteiger partial charge in [0, 0.05) is 25.1 Å². The number of para-hydroxylation sites is 1. The lowest BCUT2D eigenvalue weighted by molar-refractivity contribution is 0.0698. The summed E-state index contributed by atoms with van der Waals surface area (Å²) < 4.78 is 6.55. The standard InChI is InChI=1S/C29H30BrN3O3S/c1-20-13-16-33(17-14-20)28(35)23-9-5-6-10-25(23)31-29(37)32-27(34)22-11-12-26(24(30)19-22)36-18-15-21-7-3-2-4-8-21/h2-12,19-20H,13-18H2,1H3,(H2,31,32,34,37). The lowest BCUT2D eigenvalue weighted by Crippen LogP contribution is -2.39. The van der Waals surface area contributed by atoms with Crippen LogP contribution in [0.15, 0.2) is 77.3 Å². The van der Waals surface area contributed by atoms with Gasteiger partial charge >= 0.3 is 0 Å². The minimum Gasteiger partial charge on any atom is -0.492 e. The Hall–Kier alpha value is -3.23. The number of likely N-dealkylation sites (tertiary alicyclic amines) is 1. The second-order valence-electron chi connectivity index (χ2n) is 9.16. The fourth-order valence-electron chi connectivity index (χ4n) is 4.17. The number of benzene rings is 3. The highest BCUT2D eigenvalue weighted by atomic mass is 79.9. The zero-order chi connectivity index (χ0) is 26.2. The van der Waals surface area contributed by atoms with Crippen molar-refractivity contribution >= 4 is 50.8 Å². The summed E-state index contributed by atoms with van der Waals surface area (Å²) in [5.74, 6) is 0.904.